The topological polar surface area (TPSA) is 106 Å². The van der Waals surface area contributed by atoms with Gasteiger partial charge in [-0.2, -0.15) is 5.26 Å². The molecular weight excluding hydrogens is 458 g/mol. The zero-order valence-electron chi connectivity index (χ0n) is 20.0. The first-order chi connectivity index (χ1) is 17.5. The molecule has 8 nitrogen and oxygen atoms in total. The first-order valence-electron chi connectivity index (χ1n) is 11.3. The molecule has 2 aromatic heterocycles. The quantitative estimate of drug-likeness (QED) is 0.336. The normalized spacial score (nSPS) is 10.5. The smallest absolute Gasteiger partial charge is 0.339 e. The van der Waals surface area contributed by atoms with Gasteiger partial charge in [0.15, 0.2) is 6.61 Å². The van der Waals surface area contributed by atoms with Gasteiger partial charge in [0.1, 0.15) is 30.0 Å². The summed E-state index contributed by atoms with van der Waals surface area (Å²) in [5, 5.41) is 12.4. The lowest BCUT2D eigenvalue weighted by Gasteiger charge is -2.13. The van der Waals surface area contributed by atoms with Crippen LogP contribution in [0.5, 0.6) is 5.75 Å². The minimum atomic E-state index is -0.642. The van der Waals surface area contributed by atoms with Crippen molar-refractivity contribution in [3.8, 4) is 11.8 Å². The van der Waals surface area contributed by atoms with Crippen molar-refractivity contribution in [2.24, 2.45) is 0 Å². The number of amides is 1. The van der Waals surface area contributed by atoms with E-state index in [1.165, 1.54) is 0 Å². The first kappa shape index (κ1) is 24.4. The highest BCUT2D eigenvalue weighted by molar-refractivity contribution is 5.96. The van der Waals surface area contributed by atoms with Crippen LogP contribution >= 0.6 is 0 Å². The second-order valence-electron chi connectivity index (χ2n) is 8.09. The van der Waals surface area contributed by atoms with E-state index in [4.69, 9.17) is 13.9 Å². The number of nitrogens with zero attached hydrogens (tertiary/aromatic N) is 2. The number of nitriles is 1. The van der Waals surface area contributed by atoms with Crippen molar-refractivity contribution in [3.05, 3.63) is 107 Å². The lowest BCUT2D eigenvalue weighted by molar-refractivity contribution is -0.119. The van der Waals surface area contributed by atoms with Gasteiger partial charge in [-0.25, -0.2) is 4.79 Å². The molecule has 0 saturated heterocycles. The summed E-state index contributed by atoms with van der Waals surface area (Å²) in [4.78, 5) is 25.5. The number of para-hydroxylation sites is 1. The fourth-order valence-corrected chi connectivity index (χ4v) is 3.79. The Labute approximate surface area is 208 Å². The number of furan rings is 1. The van der Waals surface area contributed by atoms with E-state index in [0.717, 1.165) is 11.3 Å². The van der Waals surface area contributed by atoms with Crippen molar-refractivity contribution in [1.82, 2.24) is 4.57 Å². The van der Waals surface area contributed by atoms with Crippen molar-refractivity contribution in [2.45, 2.75) is 27.0 Å². The molecule has 1 amide bonds. The number of nitrogens with one attached hydrogen (secondary N) is 1. The van der Waals surface area contributed by atoms with Gasteiger partial charge in [0.2, 0.25) is 0 Å². The lowest BCUT2D eigenvalue weighted by atomic mass is 10.1. The van der Waals surface area contributed by atoms with Crippen LogP contribution in [-0.4, -0.2) is 23.1 Å². The fraction of sp³-hybridized carbons (Fsp3) is 0.179. The number of hydrogen-bond acceptors (Lipinski definition) is 6. The van der Waals surface area contributed by atoms with Crippen LogP contribution in [0.2, 0.25) is 0 Å². The highest BCUT2D eigenvalue weighted by atomic mass is 16.5. The van der Waals surface area contributed by atoms with E-state index in [9.17, 15) is 14.9 Å². The van der Waals surface area contributed by atoms with Crippen LogP contribution in [0, 0.1) is 25.2 Å². The molecule has 0 spiro atoms. The number of anilines is 1. The van der Waals surface area contributed by atoms with Gasteiger partial charge >= 0.3 is 5.97 Å². The van der Waals surface area contributed by atoms with Crippen LogP contribution in [0.25, 0.3) is 0 Å². The van der Waals surface area contributed by atoms with Crippen LogP contribution < -0.4 is 10.1 Å². The van der Waals surface area contributed by atoms with Crippen molar-refractivity contribution >= 4 is 17.7 Å². The summed E-state index contributed by atoms with van der Waals surface area (Å²) in [7, 11) is 0. The average molecular weight is 484 g/mol. The van der Waals surface area contributed by atoms with Gasteiger partial charge in [-0.3, -0.25) is 4.79 Å². The first-order valence-corrected chi connectivity index (χ1v) is 11.3. The van der Waals surface area contributed by atoms with Gasteiger partial charge in [0.25, 0.3) is 5.91 Å². The Morgan fingerprint density at radius 3 is 2.50 bits per heavy atom. The Hall–Kier alpha value is -4.77. The molecule has 0 bridgehead atoms. The number of benzene rings is 2. The van der Waals surface area contributed by atoms with E-state index in [1.807, 2.05) is 50.2 Å². The summed E-state index contributed by atoms with van der Waals surface area (Å²) in [6, 6.07) is 21.9. The molecule has 2 aromatic carbocycles. The summed E-state index contributed by atoms with van der Waals surface area (Å²) in [5.74, 6) is 0.485. The monoisotopic (exact) mass is 483 g/mol. The molecule has 4 aromatic rings. The van der Waals surface area contributed by atoms with Crippen LogP contribution in [0.3, 0.4) is 0 Å². The zero-order chi connectivity index (χ0) is 25.5. The summed E-state index contributed by atoms with van der Waals surface area (Å²) >= 11 is 0. The molecule has 0 radical (unpaired) electrons. The van der Waals surface area contributed by atoms with Crippen LogP contribution in [-0.2, 0) is 22.7 Å². The van der Waals surface area contributed by atoms with Gasteiger partial charge in [0.05, 0.1) is 23.9 Å². The maximum atomic E-state index is 12.8. The van der Waals surface area contributed by atoms with E-state index in [2.05, 4.69) is 11.4 Å². The standard InChI is InChI=1S/C28H25N3O5/c1-19-20(2)31(16-23-12-8-14-34-23)27(25(19)15-29)30-26(32)18-36-28(33)24-13-7-6-9-21(24)17-35-22-10-4-3-5-11-22/h3-14H,16-18H2,1-2H3,(H,30,32). The number of rotatable bonds is 9. The SMILES string of the molecule is Cc1c(C#N)c(NC(=O)COC(=O)c2ccccc2COc2ccccc2)n(Cc2ccco2)c1C. The van der Waals surface area contributed by atoms with E-state index in [0.29, 0.717) is 40.6 Å². The second-order valence-corrected chi connectivity index (χ2v) is 8.09. The Kier molecular flexibility index (Phi) is 7.51. The molecule has 0 fully saturated rings. The molecule has 36 heavy (non-hydrogen) atoms. The number of hydrogen-bond donors (Lipinski definition) is 1. The maximum absolute atomic E-state index is 12.8. The van der Waals surface area contributed by atoms with Crippen molar-refractivity contribution in [3.63, 3.8) is 0 Å². The van der Waals surface area contributed by atoms with Gasteiger partial charge in [-0.1, -0.05) is 36.4 Å². The number of esters is 1. The predicted molar refractivity (Wildman–Crippen MR) is 133 cm³/mol. The molecule has 8 heteroatoms. The van der Waals surface area contributed by atoms with Gasteiger partial charge in [0, 0.05) is 11.3 Å². The fourth-order valence-electron chi connectivity index (χ4n) is 3.79. The number of carbonyl (C=O) groups is 2. The maximum Gasteiger partial charge on any atom is 0.339 e. The Morgan fingerprint density at radius 2 is 1.78 bits per heavy atom. The highest BCUT2D eigenvalue weighted by Crippen LogP contribution is 2.27. The molecule has 182 valence electrons. The van der Waals surface area contributed by atoms with Gasteiger partial charge in [-0.05, 0) is 49.7 Å². The number of aromatic nitrogens is 1. The van der Waals surface area contributed by atoms with E-state index >= 15 is 0 Å². The van der Waals surface area contributed by atoms with Gasteiger partial charge < -0.3 is 23.8 Å². The molecule has 0 unspecified atom stereocenters. The number of ether oxygens (including phenoxy) is 2. The van der Waals surface area contributed by atoms with Crippen molar-refractivity contribution in [2.75, 3.05) is 11.9 Å². The Morgan fingerprint density at radius 1 is 1.03 bits per heavy atom. The van der Waals surface area contributed by atoms with Crippen LogP contribution in [0.15, 0.2) is 77.4 Å². The Balaban J connectivity index is 1.43. The molecule has 0 aliphatic rings. The molecule has 0 aliphatic carbocycles. The predicted octanol–water partition coefficient (Wildman–Crippen LogP) is 4.99. The summed E-state index contributed by atoms with van der Waals surface area (Å²) < 4.78 is 18.3. The van der Waals surface area contributed by atoms with Crippen molar-refractivity contribution in [1.29, 1.82) is 5.26 Å². The third kappa shape index (κ3) is 5.47. The molecule has 0 aliphatic heterocycles. The molecular formula is C28H25N3O5. The summed E-state index contributed by atoms with van der Waals surface area (Å²) in [6.45, 7) is 3.68. The third-order valence-corrected chi connectivity index (χ3v) is 5.80. The largest absolute Gasteiger partial charge is 0.489 e. The van der Waals surface area contributed by atoms with Crippen molar-refractivity contribution < 1.29 is 23.5 Å². The van der Waals surface area contributed by atoms with Gasteiger partial charge in [-0.15, -0.1) is 0 Å². The minimum absolute atomic E-state index is 0.172. The summed E-state index contributed by atoms with van der Waals surface area (Å²) in [6.07, 6.45) is 1.56. The molecule has 0 atom stereocenters. The minimum Gasteiger partial charge on any atom is -0.489 e. The third-order valence-electron chi connectivity index (χ3n) is 5.80. The van der Waals surface area contributed by atoms with E-state index in [1.54, 1.807) is 41.2 Å². The number of carbonyl (C=O) groups excluding carboxylic acids is 2. The second kappa shape index (κ2) is 11.1. The highest BCUT2D eigenvalue weighted by Gasteiger charge is 2.21. The molecule has 0 saturated carbocycles. The zero-order valence-corrected chi connectivity index (χ0v) is 20.0. The van der Waals surface area contributed by atoms with Crippen LogP contribution in [0.1, 0.15) is 38.5 Å². The van der Waals surface area contributed by atoms with E-state index in [-0.39, 0.29) is 6.61 Å². The Bertz CT molecular complexity index is 1400. The summed E-state index contributed by atoms with van der Waals surface area (Å²) in [5.41, 5.74) is 2.87. The molecule has 2 heterocycles. The molecule has 4 rings (SSSR count). The molecule has 1 N–H and O–H groups in total. The van der Waals surface area contributed by atoms with E-state index < -0.39 is 18.5 Å². The van der Waals surface area contributed by atoms with Crippen LogP contribution in [0.4, 0.5) is 5.82 Å². The average Bonchev–Trinajstić information content (AvgIpc) is 3.49. The lowest BCUT2D eigenvalue weighted by Crippen LogP contribution is -2.23.